The third-order valence-electron chi connectivity index (χ3n) is 3.99. The molecule has 1 aliphatic rings. The third-order valence-corrected chi connectivity index (χ3v) is 3.99. The highest BCUT2D eigenvalue weighted by molar-refractivity contribution is 5.94. The summed E-state index contributed by atoms with van der Waals surface area (Å²) < 4.78 is 1.48. The molecule has 2 rings (SSSR count). The maximum atomic E-state index is 12.7. The third kappa shape index (κ3) is 3.10. The molecule has 2 heterocycles. The Morgan fingerprint density at radius 1 is 1.35 bits per heavy atom. The normalized spacial score (nSPS) is 20.8. The number of hydrogen-bond acceptors (Lipinski definition) is 3. The van der Waals surface area contributed by atoms with Gasteiger partial charge in [0.05, 0.1) is 0 Å². The summed E-state index contributed by atoms with van der Waals surface area (Å²) in [6.45, 7) is 4.77. The highest BCUT2D eigenvalue weighted by Gasteiger charge is 2.26. The Labute approximate surface area is 119 Å². The number of amides is 1. The van der Waals surface area contributed by atoms with Gasteiger partial charge in [0.15, 0.2) is 0 Å². The van der Waals surface area contributed by atoms with Gasteiger partial charge >= 0.3 is 0 Å². The average molecular weight is 277 g/mol. The first-order chi connectivity index (χ1) is 9.52. The van der Waals surface area contributed by atoms with Crippen molar-refractivity contribution in [2.24, 2.45) is 7.05 Å². The van der Waals surface area contributed by atoms with E-state index in [0.29, 0.717) is 5.56 Å². The molecule has 1 aliphatic heterocycles. The minimum absolute atomic E-state index is 0.0233. The fourth-order valence-corrected chi connectivity index (χ4v) is 2.71. The van der Waals surface area contributed by atoms with Gasteiger partial charge in [0, 0.05) is 44.0 Å². The Bertz CT molecular complexity index is 538. The zero-order valence-electron chi connectivity index (χ0n) is 12.5. The first kappa shape index (κ1) is 14.8. The number of carbonyl (C=O) groups is 1. The van der Waals surface area contributed by atoms with Gasteiger partial charge < -0.3 is 14.4 Å². The van der Waals surface area contributed by atoms with E-state index in [1.165, 1.54) is 10.6 Å². The zero-order chi connectivity index (χ0) is 14.7. The lowest BCUT2D eigenvalue weighted by Gasteiger charge is -2.30. The summed E-state index contributed by atoms with van der Waals surface area (Å²) in [5.74, 6) is -0.0233. The first-order valence-electron chi connectivity index (χ1n) is 7.19. The fourth-order valence-electron chi connectivity index (χ4n) is 2.71. The molecule has 1 saturated heterocycles. The van der Waals surface area contributed by atoms with Crippen molar-refractivity contribution >= 4 is 5.91 Å². The molecule has 1 unspecified atom stereocenters. The lowest BCUT2D eigenvalue weighted by molar-refractivity contribution is 0.0675. The molecule has 5 nitrogen and oxygen atoms in total. The summed E-state index contributed by atoms with van der Waals surface area (Å²) in [7, 11) is 3.78. The van der Waals surface area contributed by atoms with Gasteiger partial charge in [-0.2, -0.15) is 0 Å². The van der Waals surface area contributed by atoms with Gasteiger partial charge in [-0.25, -0.2) is 0 Å². The second-order valence-electron chi connectivity index (χ2n) is 5.54. The van der Waals surface area contributed by atoms with Crippen LogP contribution in [0.1, 0.15) is 30.1 Å². The Hall–Kier alpha value is -1.62. The second-order valence-corrected chi connectivity index (χ2v) is 5.54. The van der Waals surface area contributed by atoms with Crippen molar-refractivity contribution in [2.75, 3.05) is 26.7 Å². The Morgan fingerprint density at radius 2 is 2.10 bits per heavy atom. The number of pyridine rings is 1. The predicted octanol–water partition coefficient (Wildman–Crippen LogP) is 0.942. The molecule has 0 spiro atoms. The van der Waals surface area contributed by atoms with E-state index in [1.807, 2.05) is 4.90 Å². The van der Waals surface area contributed by atoms with Crippen molar-refractivity contribution in [3.05, 3.63) is 34.2 Å². The minimum atomic E-state index is -0.143. The lowest BCUT2D eigenvalue weighted by atomic mass is 10.1. The van der Waals surface area contributed by atoms with E-state index in [9.17, 15) is 9.59 Å². The summed E-state index contributed by atoms with van der Waals surface area (Å²) in [5.41, 5.74) is 0.354. The van der Waals surface area contributed by atoms with Gasteiger partial charge in [-0.1, -0.05) is 6.92 Å². The molecule has 1 atom stereocenters. The number of aryl methyl sites for hydroxylation is 1. The SMILES string of the molecule is CCC1CN(C)CCCN1C(=O)c1ccn(C)c(=O)c1. The first-order valence-corrected chi connectivity index (χ1v) is 7.19. The molecule has 0 aromatic carbocycles. The molecule has 0 saturated carbocycles. The van der Waals surface area contributed by atoms with E-state index in [2.05, 4.69) is 18.9 Å². The van der Waals surface area contributed by atoms with Crippen LogP contribution in [-0.4, -0.2) is 53.0 Å². The largest absolute Gasteiger partial charge is 0.334 e. The molecule has 110 valence electrons. The quantitative estimate of drug-likeness (QED) is 0.808. The maximum Gasteiger partial charge on any atom is 0.254 e. The van der Waals surface area contributed by atoms with Crippen LogP contribution in [0.4, 0.5) is 0 Å². The Kier molecular flexibility index (Phi) is 4.60. The Balaban J connectivity index is 2.25. The maximum absolute atomic E-state index is 12.7. The lowest BCUT2D eigenvalue weighted by Crippen LogP contribution is -2.43. The van der Waals surface area contributed by atoms with Crippen LogP contribution in [0.2, 0.25) is 0 Å². The number of hydrogen-bond donors (Lipinski definition) is 0. The Morgan fingerprint density at radius 3 is 2.75 bits per heavy atom. The molecule has 0 radical (unpaired) electrons. The van der Waals surface area contributed by atoms with Crippen molar-refractivity contribution < 1.29 is 4.79 Å². The molecule has 5 heteroatoms. The number of aromatic nitrogens is 1. The van der Waals surface area contributed by atoms with Gasteiger partial charge in [0.25, 0.3) is 11.5 Å². The van der Waals surface area contributed by atoms with Crippen molar-refractivity contribution in [3.63, 3.8) is 0 Å². The number of carbonyl (C=O) groups excluding carboxylic acids is 1. The standard InChI is InChI=1S/C15H23N3O2/c1-4-13-11-16(2)7-5-8-18(13)15(20)12-6-9-17(3)14(19)10-12/h6,9-10,13H,4-5,7-8,11H2,1-3H3. The molecule has 1 fully saturated rings. The monoisotopic (exact) mass is 277 g/mol. The van der Waals surface area contributed by atoms with Crippen LogP contribution < -0.4 is 5.56 Å². The van der Waals surface area contributed by atoms with Crippen LogP contribution in [0.5, 0.6) is 0 Å². The highest BCUT2D eigenvalue weighted by atomic mass is 16.2. The summed E-state index contributed by atoms with van der Waals surface area (Å²) in [6, 6.07) is 3.38. The molecular formula is C15H23N3O2. The molecule has 0 bridgehead atoms. The van der Waals surface area contributed by atoms with Gasteiger partial charge in [-0.15, -0.1) is 0 Å². The predicted molar refractivity (Wildman–Crippen MR) is 78.9 cm³/mol. The van der Waals surface area contributed by atoms with Crippen LogP contribution in [0.15, 0.2) is 23.1 Å². The number of likely N-dealkylation sites (N-methyl/N-ethyl adjacent to an activating group) is 1. The molecular weight excluding hydrogens is 254 g/mol. The van der Waals surface area contributed by atoms with Gasteiger partial charge in [-0.05, 0) is 32.5 Å². The van der Waals surface area contributed by atoms with E-state index in [-0.39, 0.29) is 17.5 Å². The van der Waals surface area contributed by atoms with Gasteiger partial charge in [0.2, 0.25) is 0 Å². The summed E-state index contributed by atoms with van der Waals surface area (Å²) in [5, 5.41) is 0. The molecule has 20 heavy (non-hydrogen) atoms. The number of nitrogens with zero attached hydrogens (tertiary/aromatic N) is 3. The summed E-state index contributed by atoms with van der Waals surface area (Å²) in [6.07, 6.45) is 3.56. The van der Waals surface area contributed by atoms with E-state index in [1.54, 1.807) is 19.3 Å². The van der Waals surface area contributed by atoms with E-state index < -0.39 is 0 Å². The smallest absolute Gasteiger partial charge is 0.254 e. The van der Waals surface area contributed by atoms with Crippen LogP contribution in [0, 0.1) is 0 Å². The van der Waals surface area contributed by atoms with Gasteiger partial charge in [-0.3, -0.25) is 9.59 Å². The average Bonchev–Trinajstić information content (AvgIpc) is 2.62. The molecule has 0 N–H and O–H groups in total. The van der Waals surface area contributed by atoms with Crippen LogP contribution in [0.25, 0.3) is 0 Å². The number of rotatable bonds is 2. The van der Waals surface area contributed by atoms with E-state index in [0.717, 1.165) is 32.5 Å². The zero-order valence-corrected chi connectivity index (χ0v) is 12.5. The molecule has 1 amide bonds. The van der Waals surface area contributed by atoms with E-state index >= 15 is 0 Å². The summed E-state index contributed by atoms with van der Waals surface area (Å²) in [4.78, 5) is 28.5. The van der Waals surface area contributed by atoms with Crippen molar-refractivity contribution in [1.29, 1.82) is 0 Å². The van der Waals surface area contributed by atoms with Crippen molar-refractivity contribution in [3.8, 4) is 0 Å². The fraction of sp³-hybridized carbons (Fsp3) is 0.600. The van der Waals surface area contributed by atoms with E-state index in [4.69, 9.17) is 0 Å². The molecule has 1 aromatic rings. The van der Waals surface area contributed by atoms with Crippen LogP contribution in [-0.2, 0) is 7.05 Å². The van der Waals surface area contributed by atoms with Crippen LogP contribution >= 0.6 is 0 Å². The van der Waals surface area contributed by atoms with Crippen molar-refractivity contribution in [1.82, 2.24) is 14.4 Å². The minimum Gasteiger partial charge on any atom is -0.334 e. The second kappa shape index (κ2) is 6.22. The van der Waals surface area contributed by atoms with Gasteiger partial charge in [0.1, 0.15) is 0 Å². The van der Waals surface area contributed by atoms with Crippen molar-refractivity contribution in [2.45, 2.75) is 25.8 Å². The highest BCUT2D eigenvalue weighted by Crippen LogP contribution is 2.15. The van der Waals surface area contributed by atoms with Crippen LogP contribution in [0.3, 0.4) is 0 Å². The summed E-state index contributed by atoms with van der Waals surface area (Å²) >= 11 is 0. The molecule has 1 aromatic heterocycles. The molecule has 0 aliphatic carbocycles. The topological polar surface area (TPSA) is 45.5 Å².